The van der Waals surface area contributed by atoms with E-state index in [2.05, 4.69) is 6.58 Å². The van der Waals surface area contributed by atoms with E-state index in [1.807, 2.05) is 0 Å². The smallest absolute Gasteiger partial charge is 0.357 e. The molecule has 0 spiro atoms. The molecule has 1 unspecified atom stereocenters. The summed E-state index contributed by atoms with van der Waals surface area (Å²) < 4.78 is 4.80. The Hall–Kier alpha value is -1.38. The third kappa shape index (κ3) is 4.98. The molecule has 0 aliphatic carbocycles. The lowest BCUT2D eigenvalue weighted by atomic mass is 10.0. The zero-order chi connectivity index (χ0) is 13.5. The summed E-state index contributed by atoms with van der Waals surface area (Å²) in [7, 11) is 0. The number of ether oxygens (including phenoxy) is 1. The molecule has 0 fully saturated rings. The van der Waals surface area contributed by atoms with Crippen molar-refractivity contribution in [3.63, 3.8) is 0 Å². The average Bonchev–Trinajstić information content (AvgIpc) is 2.23. The van der Waals surface area contributed by atoms with Crippen LogP contribution in [0.2, 0.25) is 0 Å². The van der Waals surface area contributed by atoms with Crippen molar-refractivity contribution in [3.8, 4) is 6.07 Å². The molecule has 5 nitrogen and oxygen atoms in total. The van der Waals surface area contributed by atoms with Crippen molar-refractivity contribution in [2.24, 2.45) is 0 Å². The van der Waals surface area contributed by atoms with Crippen molar-refractivity contribution in [1.82, 2.24) is 0 Å². The molecule has 0 aromatic rings. The molecule has 0 heterocycles. The quantitative estimate of drug-likeness (QED) is 0.308. The molecule has 0 rings (SSSR count). The summed E-state index contributed by atoms with van der Waals surface area (Å²) in [6.45, 7) is 10.5. The minimum atomic E-state index is -1.79. The second kappa shape index (κ2) is 6.38. The molecule has 0 aromatic carbocycles. The summed E-state index contributed by atoms with van der Waals surface area (Å²) in [5.41, 5.74) is -2.42. The SMILES string of the molecule is C=CCC(C#N)(OOC(C)(C)C)C(=O)OCC. The van der Waals surface area contributed by atoms with E-state index >= 15 is 0 Å². The molecule has 0 saturated carbocycles. The first kappa shape index (κ1) is 15.6. The summed E-state index contributed by atoms with van der Waals surface area (Å²) in [5, 5.41) is 9.10. The van der Waals surface area contributed by atoms with Gasteiger partial charge >= 0.3 is 5.97 Å². The predicted octanol–water partition coefficient (Wildman–Crippen LogP) is 2.13. The molecule has 1 atom stereocenters. The highest BCUT2D eigenvalue weighted by atomic mass is 17.2. The van der Waals surface area contributed by atoms with Gasteiger partial charge in [-0.25, -0.2) is 14.6 Å². The van der Waals surface area contributed by atoms with Crippen LogP contribution in [0.25, 0.3) is 0 Å². The maximum Gasteiger partial charge on any atom is 0.357 e. The van der Waals surface area contributed by atoms with Crippen LogP contribution in [0.3, 0.4) is 0 Å². The lowest BCUT2D eigenvalue weighted by molar-refractivity contribution is -0.384. The van der Waals surface area contributed by atoms with Gasteiger partial charge in [0.15, 0.2) is 0 Å². The second-order valence-corrected chi connectivity index (χ2v) is 4.43. The van der Waals surface area contributed by atoms with E-state index in [0.717, 1.165) is 0 Å². The van der Waals surface area contributed by atoms with Crippen LogP contribution in [-0.2, 0) is 19.3 Å². The highest BCUT2D eigenvalue weighted by Gasteiger charge is 2.43. The van der Waals surface area contributed by atoms with Crippen molar-refractivity contribution >= 4 is 5.97 Å². The van der Waals surface area contributed by atoms with Crippen LogP contribution in [0.4, 0.5) is 0 Å². The minimum Gasteiger partial charge on any atom is -0.463 e. The topological polar surface area (TPSA) is 68.5 Å². The van der Waals surface area contributed by atoms with Gasteiger partial charge in [0.1, 0.15) is 6.07 Å². The first-order valence-corrected chi connectivity index (χ1v) is 5.37. The predicted molar refractivity (Wildman–Crippen MR) is 61.7 cm³/mol. The van der Waals surface area contributed by atoms with Crippen LogP contribution in [-0.4, -0.2) is 23.8 Å². The van der Waals surface area contributed by atoms with Crippen LogP contribution >= 0.6 is 0 Å². The number of esters is 1. The fourth-order valence-corrected chi connectivity index (χ4v) is 0.908. The van der Waals surface area contributed by atoms with Gasteiger partial charge in [-0.15, -0.1) is 6.58 Å². The van der Waals surface area contributed by atoms with E-state index in [4.69, 9.17) is 19.8 Å². The van der Waals surface area contributed by atoms with E-state index < -0.39 is 17.2 Å². The normalized spacial score (nSPS) is 14.5. The Labute approximate surface area is 102 Å². The molecule has 96 valence electrons. The highest BCUT2D eigenvalue weighted by molar-refractivity contribution is 5.83. The van der Waals surface area contributed by atoms with E-state index in [1.165, 1.54) is 6.08 Å². The molecule has 0 radical (unpaired) electrons. The van der Waals surface area contributed by atoms with Crippen molar-refractivity contribution in [2.75, 3.05) is 6.61 Å². The van der Waals surface area contributed by atoms with E-state index in [0.29, 0.717) is 0 Å². The van der Waals surface area contributed by atoms with Gasteiger partial charge in [0, 0.05) is 6.42 Å². The average molecular weight is 241 g/mol. The van der Waals surface area contributed by atoms with Crippen molar-refractivity contribution in [1.29, 1.82) is 5.26 Å². The molecule has 0 bridgehead atoms. The van der Waals surface area contributed by atoms with Gasteiger partial charge in [0.05, 0.1) is 12.2 Å². The van der Waals surface area contributed by atoms with Gasteiger partial charge in [0.25, 0.3) is 5.60 Å². The van der Waals surface area contributed by atoms with Crippen LogP contribution < -0.4 is 0 Å². The van der Waals surface area contributed by atoms with E-state index in [9.17, 15) is 4.79 Å². The molecular weight excluding hydrogens is 222 g/mol. The maximum atomic E-state index is 11.7. The van der Waals surface area contributed by atoms with Gasteiger partial charge in [-0.05, 0) is 27.7 Å². The number of hydrogen-bond acceptors (Lipinski definition) is 5. The van der Waals surface area contributed by atoms with Gasteiger partial charge in [-0.1, -0.05) is 6.08 Å². The third-order valence-corrected chi connectivity index (χ3v) is 1.65. The number of carbonyl (C=O) groups is 1. The Kier molecular flexibility index (Phi) is 5.86. The molecule has 17 heavy (non-hydrogen) atoms. The summed E-state index contributed by atoms with van der Waals surface area (Å²) in [4.78, 5) is 21.7. The number of nitriles is 1. The molecule has 0 amide bonds. The Balaban J connectivity index is 4.90. The Morgan fingerprint density at radius 3 is 2.35 bits per heavy atom. The highest BCUT2D eigenvalue weighted by Crippen LogP contribution is 2.22. The van der Waals surface area contributed by atoms with E-state index in [-0.39, 0.29) is 13.0 Å². The minimum absolute atomic E-state index is 0.00157. The number of hydrogen-bond donors (Lipinski definition) is 0. The molecular formula is C12H19NO4. The zero-order valence-electron chi connectivity index (χ0n) is 10.8. The fraction of sp³-hybridized carbons (Fsp3) is 0.667. The lowest BCUT2D eigenvalue weighted by Crippen LogP contribution is -2.43. The Bertz CT molecular complexity index is 313. The fourth-order valence-electron chi connectivity index (χ4n) is 0.908. The van der Waals surface area contributed by atoms with Gasteiger partial charge < -0.3 is 4.74 Å². The first-order valence-electron chi connectivity index (χ1n) is 5.37. The van der Waals surface area contributed by atoms with Gasteiger partial charge in [-0.3, -0.25) is 0 Å². The van der Waals surface area contributed by atoms with E-state index in [1.54, 1.807) is 33.8 Å². The van der Waals surface area contributed by atoms with Crippen LogP contribution in [0, 0.1) is 11.3 Å². The standard InChI is InChI=1S/C12H19NO4/c1-6-8-12(9-13,10(14)15-7-2)17-16-11(3,4)5/h6H,1,7-8H2,2-5H3. The Morgan fingerprint density at radius 2 is 2.00 bits per heavy atom. The van der Waals surface area contributed by atoms with Gasteiger partial charge in [-0.2, -0.15) is 5.26 Å². The first-order chi connectivity index (χ1) is 7.81. The molecule has 0 N–H and O–H groups in total. The number of rotatable bonds is 6. The Morgan fingerprint density at radius 1 is 1.41 bits per heavy atom. The molecule has 0 saturated heterocycles. The van der Waals surface area contributed by atoms with Crippen molar-refractivity contribution in [3.05, 3.63) is 12.7 Å². The van der Waals surface area contributed by atoms with Crippen molar-refractivity contribution in [2.45, 2.75) is 45.3 Å². The monoisotopic (exact) mass is 241 g/mol. The summed E-state index contributed by atoms with van der Waals surface area (Å²) >= 11 is 0. The molecule has 0 aliphatic heterocycles. The van der Waals surface area contributed by atoms with Crippen molar-refractivity contribution < 1.29 is 19.3 Å². The number of nitrogens with zero attached hydrogens (tertiary/aromatic N) is 1. The summed E-state index contributed by atoms with van der Waals surface area (Å²) in [6, 6.07) is 1.78. The summed E-state index contributed by atoms with van der Waals surface area (Å²) in [6.07, 6.45) is 1.41. The number of carbonyl (C=O) groups excluding carboxylic acids is 1. The molecule has 5 heteroatoms. The van der Waals surface area contributed by atoms with Crippen LogP contribution in [0.1, 0.15) is 34.1 Å². The zero-order valence-corrected chi connectivity index (χ0v) is 10.8. The second-order valence-electron chi connectivity index (χ2n) is 4.43. The molecule has 0 aliphatic rings. The lowest BCUT2D eigenvalue weighted by Gasteiger charge is -2.26. The largest absolute Gasteiger partial charge is 0.463 e. The van der Waals surface area contributed by atoms with Gasteiger partial charge in [0.2, 0.25) is 0 Å². The maximum absolute atomic E-state index is 11.7. The van der Waals surface area contributed by atoms with Crippen LogP contribution in [0.15, 0.2) is 12.7 Å². The van der Waals surface area contributed by atoms with Crippen LogP contribution in [0.5, 0.6) is 0 Å². The third-order valence-electron chi connectivity index (χ3n) is 1.65. The summed E-state index contributed by atoms with van der Waals surface area (Å²) in [5.74, 6) is -0.772. The molecule has 0 aromatic heterocycles.